The molecule has 3 N–H and O–H groups in total. The van der Waals surface area contributed by atoms with E-state index in [0.717, 1.165) is 42.3 Å². The molecule has 1 aromatic heterocycles. The molecule has 0 bridgehead atoms. The first-order chi connectivity index (χ1) is 9.25. The van der Waals surface area contributed by atoms with E-state index in [9.17, 15) is 5.11 Å². The minimum atomic E-state index is -0.551. The maximum absolute atomic E-state index is 10.7. The van der Waals surface area contributed by atoms with E-state index in [-0.39, 0.29) is 5.41 Å². The minimum absolute atomic E-state index is 0.171. The van der Waals surface area contributed by atoms with E-state index in [0.29, 0.717) is 6.54 Å². The molecule has 100 valence electrons. The van der Waals surface area contributed by atoms with Crippen molar-refractivity contribution in [3.05, 3.63) is 42.1 Å². The summed E-state index contributed by atoms with van der Waals surface area (Å²) in [7, 11) is 0. The van der Waals surface area contributed by atoms with Crippen molar-refractivity contribution in [2.45, 2.75) is 31.8 Å². The lowest BCUT2D eigenvalue weighted by atomic mass is 9.79. The van der Waals surface area contributed by atoms with E-state index in [2.05, 4.69) is 4.98 Å². The summed E-state index contributed by atoms with van der Waals surface area (Å²) >= 11 is 0. The fourth-order valence-electron chi connectivity index (χ4n) is 3.22. The van der Waals surface area contributed by atoms with Crippen LogP contribution < -0.4 is 5.73 Å². The van der Waals surface area contributed by atoms with E-state index < -0.39 is 6.10 Å². The molecule has 0 aliphatic heterocycles. The Morgan fingerprint density at radius 2 is 1.89 bits per heavy atom. The highest BCUT2D eigenvalue weighted by molar-refractivity contribution is 5.78. The quantitative estimate of drug-likeness (QED) is 0.887. The van der Waals surface area contributed by atoms with Gasteiger partial charge in [-0.25, -0.2) is 0 Å². The molecule has 0 spiro atoms. The van der Waals surface area contributed by atoms with Gasteiger partial charge < -0.3 is 10.8 Å². The summed E-state index contributed by atoms with van der Waals surface area (Å²) in [6.45, 7) is 0.530. The van der Waals surface area contributed by atoms with Gasteiger partial charge in [0.1, 0.15) is 6.10 Å². The van der Waals surface area contributed by atoms with Gasteiger partial charge in [0.2, 0.25) is 0 Å². The molecule has 1 atom stereocenters. The second kappa shape index (κ2) is 4.91. The molecule has 3 nitrogen and oxygen atoms in total. The number of aromatic nitrogens is 1. The average Bonchev–Trinajstić information content (AvgIpc) is 2.96. The Balaban J connectivity index is 1.99. The van der Waals surface area contributed by atoms with Crippen LogP contribution in [0.15, 0.2) is 36.4 Å². The monoisotopic (exact) mass is 256 g/mol. The van der Waals surface area contributed by atoms with Crippen LogP contribution in [0.3, 0.4) is 0 Å². The number of nitrogens with two attached hydrogens (primary N) is 1. The summed E-state index contributed by atoms with van der Waals surface area (Å²) in [4.78, 5) is 4.61. The number of nitrogens with zero attached hydrogens (tertiary/aromatic N) is 1. The lowest BCUT2D eigenvalue weighted by molar-refractivity contribution is 0.0302. The molecule has 19 heavy (non-hydrogen) atoms. The van der Waals surface area contributed by atoms with Gasteiger partial charge in [-0.2, -0.15) is 0 Å². The smallest absolute Gasteiger partial charge is 0.103 e. The van der Waals surface area contributed by atoms with Crippen LogP contribution >= 0.6 is 0 Å². The lowest BCUT2D eigenvalue weighted by Crippen LogP contribution is -2.34. The fourth-order valence-corrected chi connectivity index (χ4v) is 3.22. The van der Waals surface area contributed by atoms with Crippen molar-refractivity contribution in [2.24, 2.45) is 11.1 Å². The lowest BCUT2D eigenvalue weighted by Gasteiger charge is -2.32. The maximum Gasteiger partial charge on any atom is 0.103 e. The molecule has 1 unspecified atom stereocenters. The van der Waals surface area contributed by atoms with Crippen LogP contribution in [0.1, 0.15) is 37.5 Å². The molecule has 0 radical (unpaired) electrons. The molecule has 1 aromatic carbocycles. The summed E-state index contributed by atoms with van der Waals surface area (Å²) in [5.74, 6) is 0. The highest BCUT2D eigenvalue weighted by atomic mass is 16.3. The second-order valence-corrected chi connectivity index (χ2v) is 5.60. The second-order valence-electron chi connectivity index (χ2n) is 5.60. The Morgan fingerprint density at radius 3 is 2.63 bits per heavy atom. The van der Waals surface area contributed by atoms with Gasteiger partial charge in [-0.15, -0.1) is 0 Å². The molecular weight excluding hydrogens is 236 g/mol. The van der Waals surface area contributed by atoms with Crippen LogP contribution in [0.5, 0.6) is 0 Å². The van der Waals surface area contributed by atoms with Gasteiger partial charge in [-0.1, -0.05) is 37.1 Å². The highest BCUT2D eigenvalue weighted by Gasteiger charge is 2.40. The van der Waals surface area contributed by atoms with Crippen molar-refractivity contribution < 1.29 is 5.11 Å². The Morgan fingerprint density at radius 1 is 1.16 bits per heavy atom. The van der Waals surface area contributed by atoms with Gasteiger partial charge in [0.25, 0.3) is 0 Å². The van der Waals surface area contributed by atoms with Gasteiger partial charge >= 0.3 is 0 Å². The Kier molecular flexibility index (Phi) is 3.25. The molecule has 1 saturated carbocycles. The van der Waals surface area contributed by atoms with Gasteiger partial charge in [-0.3, -0.25) is 4.98 Å². The van der Waals surface area contributed by atoms with Crippen LogP contribution in [0.4, 0.5) is 0 Å². The Hall–Kier alpha value is -1.45. The third kappa shape index (κ3) is 2.13. The molecule has 3 rings (SSSR count). The third-order valence-electron chi connectivity index (χ3n) is 4.49. The first-order valence-electron chi connectivity index (χ1n) is 6.99. The number of para-hydroxylation sites is 1. The number of benzene rings is 1. The number of pyridine rings is 1. The largest absolute Gasteiger partial charge is 0.386 e. The number of hydrogen-bond acceptors (Lipinski definition) is 3. The fraction of sp³-hybridized carbons (Fsp3) is 0.438. The Bertz CT molecular complexity index is 576. The zero-order valence-electron chi connectivity index (χ0n) is 11.0. The van der Waals surface area contributed by atoms with E-state index in [4.69, 9.17) is 5.73 Å². The summed E-state index contributed by atoms with van der Waals surface area (Å²) in [6.07, 6.45) is 3.76. The summed E-state index contributed by atoms with van der Waals surface area (Å²) in [5, 5.41) is 11.8. The van der Waals surface area contributed by atoms with Crippen molar-refractivity contribution in [1.82, 2.24) is 4.98 Å². The van der Waals surface area contributed by atoms with Gasteiger partial charge in [-0.05, 0) is 25.0 Å². The van der Waals surface area contributed by atoms with E-state index in [1.54, 1.807) is 0 Å². The van der Waals surface area contributed by atoms with E-state index >= 15 is 0 Å². The topological polar surface area (TPSA) is 59.1 Å². The molecule has 0 saturated heterocycles. The molecule has 1 heterocycles. The normalized spacial score (nSPS) is 19.7. The molecule has 1 aliphatic rings. The summed E-state index contributed by atoms with van der Waals surface area (Å²) < 4.78 is 0. The minimum Gasteiger partial charge on any atom is -0.386 e. The summed E-state index contributed by atoms with van der Waals surface area (Å²) in [5.41, 5.74) is 7.45. The summed E-state index contributed by atoms with van der Waals surface area (Å²) in [6, 6.07) is 11.9. The number of aliphatic hydroxyl groups is 1. The van der Waals surface area contributed by atoms with Crippen LogP contribution in [-0.2, 0) is 0 Å². The van der Waals surface area contributed by atoms with Gasteiger partial charge in [0.05, 0.1) is 11.2 Å². The average molecular weight is 256 g/mol. The predicted octanol–water partition coefficient (Wildman–Crippen LogP) is 2.79. The van der Waals surface area contributed by atoms with Crippen molar-refractivity contribution in [3.8, 4) is 0 Å². The molecule has 1 fully saturated rings. The van der Waals surface area contributed by atoms with Crippen molar-refractivity contribution in [3.63, 3.8) is 0 Å². The number of fused-ring (bicyclic) bond motifs is 1. The number of rotatable bonds is 3. The molecule has 2 aromatic rings. The SMILES string of the molecule is NCC1(C(O)c2ccc3ccccc3n2)CCCC1. The van der Waals surface area contributed by atoms with Crippen LogP contribution in [-0.4, -0.2) is 16.6 Å². The first kappa shape index (κ1) is 12.6. The van der Waals surface area contributed by atoms with Crippen LogP contribution in [0.25, 0.3) is 10.9 Å². The molecular formula is C16H20N2O. The zero-order chi connectivity index (χ0) is 13.3. The van der Waals surface area contributed by atoms with Crippen molar-refractivity contribution in [2.75, 3.05) is 6.54 Å². The van der Waals surface area contributed by atoms with E-state index in [1.807, 2.05) is 36.4 Å². The van der Waals surface area contributed by atoms with Crippen molar-refractivity contribution >= 4 is 10.9 Å². The van der Waals surface area contributed by atoms with Crippen molar-refractivity contribution in [1.29, 1.82) is 0 Å². The van der Waals surface area contributed by atoms with Gasteiger partial charge in [0, 0.05) is 17.3 Å². The highest BCUT2D eigenvalue weighted by Crippen LogP contribution is 2.46. The third-order valence-corrected chi connectivity index (χ3v) is 4.49. The first-order valence-corrected chi connectivity index (χ1v) is 6.99. The molecule has 0 amide bonds. The standard InChI is InChI=1S/C16H20N2O/c17-11-16(9-3-4-10-16)15(19)14-8-7-12-5-1-2-6-13(12)18-14/h1-2,5-8,15,19H,3-4,9-11,17H2. The zero-order valence-corrected chi connectivity index (χ0v) is 11.0. The maximum atomic E-state index is 10.7. The molecule has 3 heteroatoms. The number of hydrogen-bond donors (Lipinski definition) is 2. The van der Waals surface area contributed by atoms with Crippen LogP contribution in [0, 0.1) is 5.41 Å². The predicted molar refractivity (Wildman–Crippen MR) is 76.7 cm³/mol. The number of aliphatic hydroxyl groups excluding tert-OH is 1. The molecule has 1 aliphatic carbocycles. The van der Waals surface area contributed by atoms with Gasteiger partial charge in [0.15, 0.2) is 0 Å². The van der Waals surface area contributed by atoms with E-state index in [1.165, 1.54) is 0 Å². The Labute approximate surface area is 113 Å². The van der Waals surface area contributed by atoms with Crippen LogP contribution in [0.2, 0.25) is 0 Å².